The minimum Gasteiger partial charge on any atom is -0.396 e. The molecule has 1 aliphatic rings. The van der Waals surface area contributed by atoms with Crippen LogP contribution in [0.1, 0.15) is 36.2 Å². The molecule has 7 nitrogen and oxygen atoms in total. The van der Waals surface area contributed by atoms with Crippen molar-refractivity contribution in [2.45, 2.75) is 31.7 Å². The number of anilines is 1. The molecular weight excluding hydrogens is 246 g/mol. The van der Waals surface area contributed by atoms with Gasteiger partial charge < -0.3 is 16.4 Å². The molecule has 0 atom stereocenters. The van der Waals surface area contributed by atoms with Crippen LogP contribution >= 0.6 is 0 Å². The Morgan fingerprint density at radius 2 is 2.11 bits per heavy atom. The van der Waals surface area contributed by atoms with Crippen molar-refractivity contribution in [3.8, 4) is 0 Å². The highest BCUT2D eigenvalue weighted by Crippen LogP contribution is 2.25. The van der Waals surface area contributed by atoms with Crippen LogP contribution in [0, 0.1) is 0 Å². The van der Waals surface area contributed by atoms with Crippen LogP contribution in [0.3, 0.4) is 0 Å². The summed E-state index contributed by atoms with van der Waals surface area (Å²) in [6, 6.07) is 0.0642. The van der Waals surface area contributed by atoms with E-state index in [1.54, 1.807) is 7.05 Å². The lowest BCUT2D eigenvalue weighted by Gasteiger charge is -2.27. The largest absolute Gasteiger partial charge is 0.396 e. The molecule has 1 saturated carbocycles. The van der Waals surface area contributed by atoms with E-state index in [9.17, 15) is 9.59 Å². The van der Waals surface area contributed by atoms with Gasteiger partial charge in [0.1, 0.15) is 5.69 Å². The molecule has 2 amide bonds. The fourth-order valence-corrected chi connectivity index (χ4v) is 2.60. The average molecular weight is 265 g/mol. The Labute approximate surface area is 111 Å². The van der Waals surface area contributed by atoms with E-state index in [-0.39, 0.29) is 18.5 Å². The standard InChI is InChI=1S/C12H19N5O2/c1-16-11(9(13)6-15-16)12(19)17(7-10(14)18)8-4-2-3-5-8/h6,8H,2-5,7,13H2,1H3,(H2,14,18). The number of carbonyl (C=O) groups excluding carboxylic acids is 2. The maximum Gasteiger partial charge on any atom is 0.274 e. The van der Waals surface area contributed by atoms with E-state index in [4.69, 9.17) is 11.5 Å². The van der Waals surface area contributed by atoms with E-state index in [0.29, 0.717) is 11.4 Å². The molecule has 1 aromatic heterocycles. The van der Waals surface area contributed by atoms with Crippen LogP contribution in [-0.2, 0) is 11.8 Å². The second kappa shape index (κ2) is 5.29. The highest BCUT2D eigenvalue weighted by Gasteiger charge is 2.31. The van der Waals surface area contributed by atoms with E-state index in [0.717, 1.165) is 25.7 Å². The Morgan fingerprint density at radius 3 is 2.58 bits per heavy atom. The Hall–Kier alpha value is -2.05. The van der Waals surface area contributed by atoms with Crippen molar-refractivity contribution in [3.63, 3.8) is 0 Å². The van der Waals surface area contributed by atoms with Crippen LogP contribution in [0.25, 0.3) is 0 Å². The summed E-state index contributed by atoms with van der Waals surface area (Å²) in [6.07, 6.45) is 5.36. The molecule has 0 spiro atoms. The maximum absolute atomic E-state index is 12.5. The molecule has 1 fully saturated rings. The van der Waals surface area contributed by atoms with Gasteiger partial charge in [0.05, 0.1) is 18.4 Å². The highest BCUT2D eigenvalue weighted by atomic mass is 16.2. The maximum atomic E-state index is 12.5. The van der Waals surface area contributed by atoms with Gasteiger partial charge >= 0.3 is 0 Å². The summed E-state index contributed by atoms with van der Waals surface area (Å²) in [7, 11) is 1.65. The van der Waals surface area contributed by atoms with Gasteiger partial charge in [-0.2, -0.15) is 5.10 Å². The first-order valence-corrected chi connectivity index (χ1v) is 6.37. The smallest absolute Gasteiger partial charge is 0.274 e. The monoisotopic (exact) mass is 265 g/mol. The molecule has 1 aliphatic carbocycles. The van der Waals surface area contributed by atoms with Gasteiger partial charge in [-0.25, -0.2) is 0 Å². The molecule has 2 rings (SSSR count). The molecule has 1 aromatic rings. The number of rotatable bonds is 4. The van der Waals surface area contributed by atoms with Gasteiger partial charge in [-0.05, 0) is 12.8 Å². The summed E-state index contributed by atoms with van der Waals surface area (Å²) < 4.78 is 1.43. The van der Waals surface area contributed by atoms with E-state index < -0.39 is 5.91 Å². The molecule has 19 heavy (non-hydrogen) atoms. The SMILES string of the molecule is Cn1ncc(N)c1C(=O)N(CC(N)=O)C1CCCC1. The van der Waals surface area contributed by atoms with E-state index >= 15 is 0 Å². The van der Waals surface area contributed by atoms with Crippen LogP contribution in [0.15, 0.2) is 6.20 Å². The number of aromatic nitrogens is 2. The van der Waals surface area contributed by atoms with Gasteiger partial charge in [0.25, 0.3) is 5.91 Å². The first-order chi connectivity index (χ1) is 9.00. The predicted molar refractivity (Wildman–Crippen MR) is 70.1 cm³/mol. The van der Waals surface area contributed by atoms with Crippen molar-refractivity contribution in [1.29, 1.82) is 0 Å². The molecule has 0 unspecified atom stereocenters. The number of hydrogen-bond donors (Lipinski definition) is 2. The summed E-state index contributed by atoms with van der Waals surface area (Å²) in [4.78, 5) is 25.3. The zero-order valence-electron chi connectivity index (χ0n) is 11.0. The van der Waals surface area contributed by atoms with Crippen LogP contribution < -0.4 is 11.5 Å². The van der Waals surface area contributed by atoms with Gasteiger partial charge in [-0.15, -0.1) is 0 Å². The number of nitrogen functional groups attached to an aromatic ring is 1. The average Bonchev–Trinajstić information content (AvgIpc) is 2.96. The van der Waals surface area contributed by atoms with Crippen molar-refractivity contribution in [1.82, 2.24) is 14.7 Å². The van der Waals surface area contributed by atoms with Crippen molar-refractivity contribution in [2.75, 3.05) is 12.3 Å². The Morgan fingerprint density at radius 1 is 1.47 bits per heavy atom. The first kappa shape index (κ1) is 13.4. The Kier molecular flexibility index (Phi) is 3.73. The number of hydrogen-bond acceptors (Lipinski definition) is 4. The summed E-state index contributed by atoms with van der Waals surface area (Å²) in [6.45, 7) is -0.0753. The molecule has 0 aliphatic heterocycles. The van der Waals surface area contributed by atoms with E-state index in [1.807, 2.05) is 0 Å². The van der Waals surface area contributed by atoms with E-state index in [2.05, 4.69) is 5.10 Å². The summed E-state index contributed by atoms with van der Waals surface area (Å²) in [5.41, 5.74) is 11.6. The number of carbonyl (C=O) groups is 2. The second-order valence-electron chi connectivity index (χ2n) is 4.91. The second-order valence-corrected chi connectivity index (χ2v) is 4.91. The molecular formula is C12H19N5O2. The number of aryl methyl sites for hydroxylation is 1. The molecule has 0 bridgehead atoms. The lowest BCUT2D eigenvalue weighted by molar-refractivity contribution is -0.119. The van der Waals surface area contributed by atoms with Gasteiger partial charge in [-0.3, -0.25) is 14.3 Å². The third kappa shape index (κ3) is 2.69. The lowest BCUT2D eigenvalue weighted by atomic mass is 10.2. The molecule has 4 N–H and O–H groups in total. The van der Waals surface area contributed by atoms with Crippen LogP contribution in [-0.4, -0.2) is 39.1 Å². The van der Waals surface area contributed by atoms with Crippen molar-refractivity contribution in [3.05, 3.63) is 11.9 Å². The normalized spacial score (nSPS) is 15.6. The fourth-order valence-electron chi connectivity index (χ4n) is 2.60. The van der Waals surface area contributed by atoms with Gasteiger partial charge in [0, 0.05) is 13.1 Å². The third-order valence-corrected chi connectivity index (χ3v) is 3.52. The van der Waals surface area contributed by atoms with Crippen LogP contribution in [0.5, 0.6) is 0 Å². The van der Waals surface area contributed by atoms with Gasteiger partial charge in [0.2, 0.25) is 5.91 Å². The topological polar surface area (TPSA) is 107 Å². The van der Waals surface area contributed by atoms with Gasteiger partial charge in [0.15, 0.2) is 0 Å². The third-order valence-electron chi connectivity index (χ3n) is 3.52. The molecule has 7 heteroatoms. The molecule has 104 valence electrons. The van der Waals surface area contributed by atoms with Crippen molar-refractivity contribution >= 4 is 17.5 Å². The van der Waals surface area contributed by atoms with Crippen LogP contribution in [0.4, 0.5) is 5.69 Å². The minimum absolute atomic E-state index is 0.0642. The minimum atomic E-state index is -0.513. The van der Waals surface area contributed by atoms with Gasteiger partial charge in [-0.1, -0.05) is 12.8 Å². The highest BCUT2D eigenvalue weighted by molar-refractivity contribution is 5.99. The summed E-state index contributed by atoms with van der Waals surface area (Å²) in [5, 5.41) is 3.95. The summed E-state index contributed by atoms with van der Waals surface area (Å²) >= 11 is 0. The number of nitrogens with zero attached hydrogens (tertiary/aromatic N) is 3. The van der Waals surface area contributed by atoms with Crippen molar-refractivity contribution < 1.29 is 9.59 Å². The number of primary amides is 1. The zero-order chi connectivity index (χ0) is 14.0. The first-order valence-electron chi connectivity index (χ1n) is 6.37. The Balaban J connectivity index is 2.27. The quantitative estimate of drug-likeness (QED) is 0.790. The predicted octanol–water partition coefficient (Wildman–Crippen LogP) is -0.128. The molecule has 0 radical (unpaired) electrons. The molecule has 0 aromatic carbocycles. The van der Waals surface area contributed by atoms with Crippen molar-refractivity contribution in [2.24, 2.45) is 12.8 Å². The fraction of sp³-hybridized carbons (Fsp3) is 0.583. The number of amides is 2. The molecule has 0 saturated heterocycles. The Bertz CT molecular complexity index is 471. The van der Waals surface area contributed by atoms with Crippen LogP contribution in [0.2, 0.25) is 0 Å². The molecule has 1 heterocycles. The lowest BCUT2D eigenvalue weighted by Crippen LogP contribution is -2.45. The van der Waals surface area contributed by atoms with E-state index in [1.165, 1.54) is 15.8 Å². The zero-order valence-corrected chi connectivity index (χ0v) is 11.0. The summed E-state index contributed by atoms with van der Waals surface area (Å²) in [5.74, 6) is -0.788. The number of nitrogens with two attached hydrogens (primary N) is 2.